The van der Waals surface area contributed by atoms with Gasteiger partial charge in [-0.15, -0.1) is 0 Å². The van der Waals surface area contributed by atoms with Crippen molar-refractivity contribution in [3.05, 3.63) is 157 Å². The van der Waals surface area contributed by atoms with Gasteiger partial charge in [-0.25, -0.2) is 0 Å². The molecule has 41 heavy (non-hydrogen) atoms. The van der Waals surface area contributed by atoms with Crippen molar-refractivity contribution in [2.24, 2.45) is 0 Å². The number of benzene rings is 6. The monoisotopic (exact) mass is 526 g/mol. The Kier molecular flexibility index (Phi) is 5.20. The topological polar surface area (TPSA) is 8.17 Å². The van der Waals surface area contributed by atoms with Gasteiger partial charge < -0.3 is 9.47 Å². The zero-order valence-corrected chi connectivity index (χ0v) is 23.3. The minimum atomic E-state index is -0.0538. The lowest BCUT2D eigenvalue weighted by Crippen LogP contribution is -2.30. The molecule has 0 saturated carbocycles. The van der Waals surface area contributed by atoms with Gasteiger partial charge in [-0.1, -0.05) is 111 Å². The molecule has 1 aromatic heterocycles. The molecule has 0 radical (unpaired) electrons. The van der Waals surface area contributed by atoms with E-state index in [1.807, 2.05) is 0 Å². The molecule has 196 valence electrons. The number of rotatable bonds is 3. The molecule has 0 unspecified atom stereocenters. The summed E-state index contributed by atoms with van der Waals surface area (Å²) in [7, 11) is 0. The fourth-order valence-corrected chi connectivity index (χ4v) is 6.75. The Hall–Kier alpha value is -5.08. The smallest absolute Gasteiger partial charge is 0.0541 e. The van der Waals surface area contributed by atoms with Crippen LogP contribution in [0.25, 0.3) is 38.6 Å². The average molecular weight is 527 g/mol. The van der Waals surface area contributed by atoms with Gasteiger partial charge in [-0.05, 0) is 70.8 Å². The number of anilines is 3. The summed E-state index contributed by atoms with van der Waals surface area (Å²) in [5, 5.41) is 2.57. The van der Waals surface area contributed by atoms with E-state index < -0.39 is 0 Å². The third-order valence-corrected chi connectivity index (χ3v) is 8.80. The lowest BCUT2D eigenvalue weighted by Gasteiger charge is -2.42. The van der Waals surface area contributed by atoms with Gasteiger partial charge in [0.2, 0.25) is 0 Å². The van der Waals surface area contributed by atoms with Gasteiger partial charge in [-0.3, -0.25) is 0 Å². The molecule has 1 aliphatic rings. The summed E-state index contributed by atoms with van der Waals surface area (Å²) in [6.45, 7) is 4.65. The number of hydrogen-bond acceptors (Lipinski definition) is 1. The van der Waals surface area contributed by atoms with Gasteiger partial charge in [0.15, 0.2) is 0 Å². The lowest BCUT2D eigenvalue weighted by molar-refractivity contribution is 0.632. The summed E-state index contributed by atoms with van der Waals surface area (Å²) in [4.78, 5) is 2.41. The highest BCUT2D eigenvalue weighted by molar-refractivity contribution is 6.09. The molecule has 0 amide bonds. The number of para-hydroxylation sites is 4. The Labute approximate surface area is 240 Å². The van der Waals surface area contributed by atoms with E-state index in [4.69, 9.17) is 0 Å². The highest BCUT2D eigenvalue weighted by atomic mass is 15.2. The van der Waals surface area contributed by atoms with Crippen molar-refractivity contribution < 1.29 is 0 Å². The lowest BCUT2D eigenvalue weighted by atomic mass is 9.73. The number of hydrogen-bond donors (Lipinski definition) is 0. The molecular weight excluding hydrogens is 496 g/mol. The van der Waals surface area contributed by atoms with Crippen molar-refractivity contribution >= 4 is 38.9 Å². The van der Waals surface area contributed by atoms with Crippen LogP contribution in [-0.4, -0.2) is 4.57 Å². The van der Waals surface area contributed by atoms with E-state index in [-0.39, 0.29) is 5.41 Å². The molecule has 6 aromatic carbocycles. The van der Waals surface area contributed by atoms with E-state index in [0.717, 1.165) is 0 Å². The van der Waals surface area contributed by atoms with E-state index in [2.05, 4.69) is 169 Å². The van der Waals surface area contributed by atoms with E-state index >= 15 is 0 Å². The Morgan fingerprint density at radius 1 is 0.415 bits per heavy atom. The van der Waals surface area contributed by atoms with Crippen LogP contribution in [0.1, 0.15) is 25.0 Å². The summed E-state index contributed by atoms with van der Waals surface area (Å²) in [6.07, 6.45) is 0. The summed E-state index contributed by atoms with van der Waals surface area (Å²) in [5.41, 5.74) is 12.4. The average Bonchev–Trinajstić information content (AvgIpc) is 3.36. The summed E-state index contributed by atoms with van der Waals surface area (Å²) < 4.78 is 2.37. The second-order valence-electron chi connectivity index (χ2n) is 11.5. The molecule has 1 aliphatic heterocycles. The van der Waals surface area contributed by atoms with Gasteiger partial charge in [0.05, 0.1) is 22.4 Å². The van der Waals surface area contributed by atoms with Crippen LogP contribution < -0.4 is 4.90 Å². The summed E-state index contributed by atoms with van der Waals surface area (Å²) >= 11 is 0. The third-order valence-electron chi connectivity index (χ3n) is 8.80. The second kappa shape index (κ2) is 8.97. The largest absolute Gasteiger partial charge is 0.310 e. The van der Waals surface area contributed by atoms with Crippen molar-refractivity contribution in [2.75, 3.05) is 4.90 Å². The van der Waals surface area contributed by atoms with Crippen LogP contribution in [0, 0.1) is 0 Å². The number of aromatic nitrogens is 1. The van der Waals surface area contributed by atoms with Crippen LogP contribution in [0.5, 0.6) is 0 Å². The molecule has 2 nitrogen and oxygen atoms in total. The molecule has 0 saturated heterocycles. The van der Waals surface area contributed by atoms with Crippen molar-refractivity contribution in [1.29, 1.82) is 0 Å². The zero-order chi connectivity index (χ0) is 27.6. The Morgan fingerprint density at radius 3 is 1.34 bits per heavy atom. The quantitative estimate of drug-likeness (QED) is 0.222. The molecule has 0 N–H and O–H groups in total. The Morgan fingerprint density at radius 2 is 0.829 bits per heavy atom. The molecular formula is C39H30N2. The Bertz CT molecular complexity index is 1960. The predicted octanol–water partition coefficient (Wildman–Crippen LogP) is 10.6. The highest BCUT2D eigenvalue weighted by Gasteiger charge is 2.36. The van der Waals surface area contributed by atoms with Gasteiger partial charge in [-0.2, -0.15) is 0 Å². The maximum Gasteiger partial charge on any atom is 0.0541 e. The van der Waals surface area contributed by atoms with Crippen LogP contribution in [0.4, 0.5) is 17.1 Å². The third kappa shape index (κ3) is 3.57. The van der Waals surface area contributed by atoms with Crippen LogP contribution >= 0.6 is 0 Å². The molecule has 0 aliphatic carbocycles. The van der Waals surface area contributed by atoms with Crippen molar-refractivity contribution in [3.63, 3.8) is 0 Å². The van der Waals surface area contributed by atoms with E-state index in [0.29, 0.717) is 0 Å². The van der Waals surface area contributed by atoms with Crippen molar-refractivity contribution in [3.8, 4) is 16.8 Å². The minimum Gasteiger partial charge on any atom is -0.310 e. The molecule has 0 spiro atoms. The maximum atomic E-state index is 2.41. The van der Waals surface area contributed by atoms with Gasteiger partial charge >= 0.3 is 0 Å². The number of nitrogens with zero attached hydrogens (tertiary/aromatic N) is 2. The molecule has 0 atom stereocenters. The van der Waals surface area contributed by atoms with Crippen LogP contribution in [0.15, 0.2) is 146 Å². The summed E-state index contributed by atoms with van der Waals surface area (Å²) in [6, 6.07) is 52.9. The first-order valence-electron chi connectivity index (χ1n) is 14.3. The highest BCUT2D eigenvalue weighted by Crippen LogP contribution is 2.51. The van der Waals surface area contributed by atoms with E-state index in [9.17, 15) is 0 Å². The molecule has 0 bridgehead atoms. The SMILES string of the molecule is CC1(C)c2ccccc2N(c2ccc(-c3ccc(-n4c5ccccc5c5ccccc54)cc3)cc2)c2ccccc21. The molecule has 2 heterocycles. The summed E-state index contributed by atoms with van der Waals surface area (Å²) in [5.74, 6) is 0. The molecule has 7 aromatic rings. The van der Waals surface area contributed by atoms with Crippen molar-refractivity contribution in [2.45, 2.75) is 19.3 Å². The zero-order valence-electron chi connectivity index (χ0n) is 23.3. The first-order valence-corrected chi connectivity index (χ1v) is 14.3. The first-order chi connectivity index (χ1) is 20.1. The van der Waals surface area contributed by atoms with E-state index in [1.165, 1.54) is 66.8 Å². The Balaban J connectivity index is 1.17. The second-order valence-corrected chi connectivity index (χ2v) is 11.5. The molecule has 0 fully saturated rings. The van der Waals surface area contributed by atoms with Gasteiger partial charge in [0.1, 0.15) is 0 Å². The maximum absolute atomic E-state index is 2.41. The van der Waals surface area contributed by atoms with E-state index in [1.54, 1.807) is 0 Å². The fraction of sp³-hybridized carbons (Fsp3) is 0.0769. The molecule has 8 rings (SSSR count). The minimum absolute atomic E-state index is 0.0538. The fourth-order valence-electron chi connectivity index (χ4n) is 6.75. The normalized spacial score (nSPS) is 13.8. The van der Waals surface area contributed by atoms with Gasteiger partial charge in [0, 0.05) is 27.6 Å². The first kappa shape index (κ1) is 23.8. The van der Waals surface area contributed by atoms with Crippen molar-refractivity contribution in [1.82, 2.24) is 4.57 Å². The number of fused-ring (bicyclic) bond motifs is 5. The van der Waals surface area contributed by atoms with Gasteiger partial charge in [0.25, 0.3) is 0 Å². The molecule has 2 heteroatoms. The van der Waals surface area contributed by atoms with Crippen LogP contribution in [0.3, 0.4) is 0 Å². The standard InChI is InChI=1S/C39H30N2/c1-39(2)33-13-5-9-17-37(33)41(38-18-10-6-14-34(38)39)30-25-21-28(22-26-30)27-19-23-29(24-20-27)40-35-15-7-3-11-31(35)32-12-4-8-16-36(32)40/h3-26H,1-2H3. The van der Waals surface area contributed by atoms with Crippen LogP contribution in [-0.2, 0) is 5.41 Å². The van der Waals surface area contributed by atoms with Crippen LogP contribution in [0.2, 0.25) is 0 Å². The predicted molar refractivity (Wildman–Crippen MR) is 173 cm³/mol.